The number of anilines is 1. The molecule has 1 aromatic carbocycles. The van der Waals surface area contributed by atoms with E-state index in [0.717, 1.165) is 13.0 Å². The summed E-state index contributed by atoms with van der Waals surface area (Å²) in [5, 5.41) is 3.36. The van der Waals surface area contributed by atoms with Crippen LogP contribution in [0.2, 0.25) is 0 Å². The van der Waals surface area contributed by atoms with Crippen molar-refractivity contribution in [2.24, 2.45) is 5.41 Å². The van der Waals surface area contributed by atoms with Crippen molar-refractivity contribution in [1.82, 2.24) is 0 Å². The van der Waals surface area contributed by atoms with Gasteiger partial charge in [0.2, 0.25) is 0 Å². The molecule has 0 atom stereocenters. The highest BCUT2D eigenvalue weighted by molar-refractivity contribution is 5.42. The number of nitrogens with one attached hydrogen (secondary N) is 1. The maximum absolute atomic E-state index is 4.06. The summed E-state index contributed by atoms with van der Waals surface area (Å²) >= 11 is 0. The molecule has 0 aliphatic heterocycles. The highest BCUT2D eigenvalue weighted by atomic mass is 14.9. The monoisotopic (exact) mass is 176 g/mol. The molecule has 0 fully saturated rings. The van der Waals surface area contributed by atoms with Gasteiger partial charge in [-0.3, -0.25) is 0 Å². The van der Waals surface area contributed by atoms with Crippen molar-refractivity contribution in [3.8, 4) is 0 Å². The third kappa shape index (κ3) is 4.56. The molecule has 0 amide bonds. The second kappa shape index (κ2) is 4.31. The summed E-state index contributed by atoms with van der Waals surface area (Å²) in [5.41, 5.74) is 1.36. The molecule has 1 N–H and O–H groups in total. The zero-order valence-corrected chi connectivity index (χ0v) is 8.51. The van der Waals surface area contributed by atoms with Crippen LogP contribution in [-0.4, -0.2) is 6.54 Å². The van der Waals surface area contributed by atoms with Crippen molar-refractivity contribution in [3.63, 3.8) is 0 Å². The average molecular weight is 176 g/mol. The van der Waals surface area contributed by atoms with E-state index in [2.05, 4.69) is 38.2 Å². The van der Waals surface area contributed by atoms with Gasteiger partial charge in [-0.2, -0.15) is 0 Å². The molecule has 1 radical (unpaired) electrons. The number of hydrogen-bond donors (Lipinski definition) is 1. The molecule has 0 bridgehead atoms. The highest BCUT2D eigenvalue weighted by Gasteiger charge is 2.08. The molecule has 0 unspecified atom stereocenters. The Morgan fingerprint density at radius 1 is 1.23 bits per heavy atom. The van der Waals surface area contributed by atoms with E-state index in [1.165, 1.54) is 5.69 Å². The minimum absolute atomic E-state index is 0.168. The van der Waals surface area contributed by atoms with Gasteiger partial charge in [0.05, 0.1) is 0 Å². The van der Waals surface area contributed by atoms with Crippen LogP contribution in [0.25, 0.3) is 0 Å². The summed E-state index contributed by atoms with van der Waals surface area (Å²) in [4.78, 5) is 0. The van der Waals surface area contributed by atoms with Crippen LogP contribution in [0.1, 0.15) is 20.3 Å². The van der Waals surface area contributed by atoms with Crippen molar-refractivity contribution in [1.29, 1.82) is 0 Å². The Morgan fingerprint density at radius 3 is 2.38 bits per heavy atom. The Hall–Kier alpha value is -0.980. The third-order valence-electron chi connectivity index (χ3n) is 1.90. The fourth-order valence-corrected chi connectivity index (χ4v) is 1.10. The van der Waals surface area contributed by atoms with Crippen LogP contribution in [0.15, 0.2) is 30.3 Å². The second-order valence-corrected chi connectivity index (χ2v) is 4.21. The van der Waals surface area contributed by atoms with Crippen molar-refractivity contribution in [3.05, 3.63) is 37.3 Å². The van der Waals surface area contributed by atoms with Crippen LogP contribution in [-0.2, 0) is 0 Å². The molecule has 1 heteroatoms. The number of para-hydroxylation sites is 1. The molecule has 0 saturated carbocycles. The van der Waals surface area contributed by atoms with E-state index in [0.29, 0.717) is 0 Å². The predicted molar refractivity (Wildman–Crippen MR) is 58.7 cm³/mol. The van der Waals surface area contributed by atoms with E-state index in [9.17, 15) is 0 Å². The molecule has 1 rings (SSSR count). The Morgan fingerprint density at radius 2 is 1.85 bits per heavy atom. The number of hydrogen-bond acceptors (Lipinski definition) is 1. The van der Waals surface area contributed by atoms with E-state index >= 15 is 0 Å². The molecular weight excluding hydrogens is 158 g/mol. The molecule has 0 aromatic heterocycles. The van der Waals surface area contributed by atoms with Crippen molar-refractivity contribution < 1.29 is 0 Å². The summed E-state index contributed by atoms with van der Waals surface area (Å²) in [6.45, 7) is 9.35. The lowest BCUT2D eigenvalue weighted by atomic mass is 9.92. The lowest BCUT2D eigenvalue weighted by Crippen LogP contribution is -2.12. The van der Waals surface area contributed by atoms with Gasteiger partial charge in [-0.05, 0) is 30.9 Å². The van der Waals surface area contributed by atoms with E-state index in [-0.39, 0.29) is 5.41 Å². The van der Waals surface area contributed by atoms with Crippen LogP contribution in [0.3, 0.4) is 0 Å². The molecule has 0 spiro atoms. The highest BCUT2D eigenvalue weighted by Crippen LogP contribution is 2.17. The molecule has 0 aliphatic rings. The molecule has 0 aliphatic carbocycles. The largest absolute Gasteiger partial charge is 0.385 e. The first-order valence-electron chi connectivity index (χ1n) is 4.72. The van der Waals surface area contributed by atoms with Gasteiger partial charge >= 0.3 is 0 Å². The van der Waals surface area contributed by atoms with Gasteiger partial charge < -0.3 is 5.32 Å². The van der Waals surface area contributed by atoms with E-state index in [1.54, 1.807) is 0 Å². The van der Waals surface area contributed by atoms with Crippen LogP contribution in [0.4, 0.5) is 5.69 Å². The number of rotatable bonds is 4. The number of benzene rings is 1. The standard InChI is InChI=1S/C12H18N/c1-12(2,3)9-10-13-11-7-5-4-6-8-11/h4-8,13H,1,9-10H2,2-3H3. The zero-order chi connectivity index (χ0) is 9.73. The molecule has 71 valence electrons. The fourth-order valence-electron chi connectivity index (χ4n) is 1.10. The van der Waals surface area contributed by atoms with Gasteiger partial charge in [0.25, 0.3) is 0 Å². The Kier molecular flexibility index (Phi) is 3.35. The first kappa shape index (κ1) is 10.1. The summed E-state index contributed by atoms with van der Waals surface area (Å²) in [7, 11) is 0. The first-order valence-corrected chi connectivity index (χ1v) is 4.72. The summed E-state index contributed by atoms with van der Waals surface area (Å²) in [6, 6.07) is 10.3. The molecule has 13 heavy (non-hydrogen) atoms. The Labute approximate surface area is 81.2 Å². The molecule has 1 aromatic rings. The van der Waals surface area contributed by atoms with Gasteiger partial charge in [-0.1, -0.05) is 32.0 Å². The molecule has 0 heterocycles. The lowest BCUT2D eigenvalue weighted by molar-refractivity contribution is 0.447. The van der Waals surface area contributed by atoms with Gasteiger partial charge in [0, 0.05) is 12.2 Å². The van der Waals surface area contributed by atoms with Gasteiger partial charge in [0.15, 0.2) is 0 Å². The van der Waals surface area contributed by atoms with Crippen LogP contribution >= 0.6 is 0 Å². The van der Waals surface area contributed by atoms with Crippen LogP contribution in [0, 0.1) is 12.3 Å². The second-order valence-electron chi connectivity index (χ2n) is 4.21. The summed E-state index contributed by atoms with van der Waals surface area (Å²) in [5.74, 6) is 0. The maximum atomic E-state index is 4.06. The average Bonchev–Trinajstić information content (AvgIpc) is 2.04. The lowest BCUT2D eigenvalue weighted by Gasteiger charge is -2.18. The van der Waals surface area contributed by atoms with Crippen LogP contribution < -0.4 is 5.32 Å². The maximum Gasteiger partial charge on any atom is 0.0340 e. The minimum atomic E-state index is 0.168. The third-order valence-corrected chi connectivity index (χ3v) is 1.90. The van der Waals surface area contributed by atoms with Crippen molar-refractivity contribution in [2.75, 3.05) is 11.9 Å². The van der Waals surface area contributed by atoms with Crippen molar-refractivity contribution in [2.45, 2.75) is 20.3 Å². The summed E-state index contributed by atoms with van der Waals surface area (Å²) in [6.07, 6.45) is 1.09. The zero-order valence-electron chi connectivity index (χ0n) is 8.51. The smallest absolute Gasteiger partial charge is 0.0340 e. The van der Waals surface area contributed by atoms with Gasteiger partial charge in [-0.25, -0.2) is 0 Å². The Bertz CT molecular complexity index is 233. The van der Waals surface area contributed by atoms with E-state index < -0.39 is 0 Å². The SMILES string of the molecule is [CH2]C(C)(C)CCNc1ccccc1. The van der Waals surface area contributed by atoms with E-state index in [4.69, 9.17) is 0 Å². The minimum Gasteiger partial charge on any atom is -0.385 e. The molecule has 1 nitrogen and oxygen atoms in total. The van der Waals surface area contributed by atoms with E-state index in [1.807, 2.05) is 18.2 Å². The fraction of sp³-hybridized carbons (Fsp3) is 0.417. The molecular formula is C12H18N. The van der Waals surface area contributed by atoms with Gasteiger partial charge in [-0.15, -0.1) is 0 Å². The quantitative estimate of drug-likeness (QED) is 0.741. The first-order chi connectivity index (χ1) is 6.08. The molecule has 0 saturated heterocycles. The topological polar surface area (TPSA) is 12.0 Å². The van der Waals surface area contributed by atoms with Crippen molar-refractivity contribution >= 4 is 5.69 Å². The van der Waals surface area contributed by atoms with Crippen LogP contribution in [0.5, 0.6) is 0 Å². The van der Waals surface area contributed by atoms with Gasteiger partial charge in [0.1, 0.15) is 0 Å². The summed E-state index contributed by atoms with van der Waals surface area (Å²) < 4.78 is 0. The Balaban J connectivity index is 2.29. The predicted octanol–water partition coefficient (Wildman–Crippen LogP) is 3.35. The normalized spacial score (nSPS) is 11.3.